The molecule has 0 unspecified atom stereocenters. The molecule has 1 amide bonds. The van der Waals surface area contributed by atoms with Crippen molar-refractivity contribution in [1.82, 2.24) is 5.32 Å². The van der Waals surface area contributed by atoms with E-state index in [0.29, 0.717) is 0 Å². The minimum Gasteiger partial charge on any atom is -0.548 e. The minimum atomic E-state index is -1.59. The summed E-state index contributed by atoms with van der Waals surface area (Å²) < 4.78 is 10.4. The first-order valence-corrected chi connectivity index (χ1v) is 9.70. The van der Waals surface area contributed by atoms with Crippen LogP contribution >= 0.6 is 0 Å². The summed E-state index contributed by atoms with van der Waals surface area (Å²) in [4.78, 5) is 35.5. The smallest absolute Gasteiger partial charge is 0.408 e. The van der Waals surface area contributed by atoms with Crippen LogP contribution in [-0.2, 0) is 19.1 Å². The maximum Gasteiger partial charge on any atom is 0.408 e. The Hall–Kier alpha value is -3.35. The Labute approximate surface area is 175 Å². The van der Waals surface area contributed by atoms with Gasteiger partial charge in [-0.3, -0.25) is 4.79 Å². The number of rotatable bonds is 6. The summed E-state index contributed by atoms with van der Waals surface area (Å²) in [6, 6.07) is 14.2. The molecule has 1 N–H and O–H groups in total. The van der Waals surface area contributed by atoms with Gasteiger partial charge in [-0.25, -0.2) is 4.79 Å². The zero-order valence-corrected chi connectivity index (χ0v) is 17.1. The molecule has 158 valence electrons. The van der Waals surface area contributed by atoms with Crippen LogP contribution in [0, 0.1) is 0 Å². The van der Waals surface area contributed by atoms with Crippen LogP contribution in [0.1, 0.15) is 44.2 Å². The lowest BCUT2D eigenvalue weighted by Crippen LogP contribution is -2.50. The molecular weight excluding hydrogens is 386 g/mol. The molecule has 1 aliphatic carbocycles. The van der Waals surface area contributed by atoms with Gasteiger partial charge in [0.2, 0.25) is 0 Å². The molecule has 0 saturated heterocycles. The Morgan fingerprint density at radius 3 is 2.03 bits per heavy atom. The molecule has 0 bridgehead atoms. The van der Waals surface area contributed by atoms with Crippen LogP contribution in [-0.4, -0.2) is 36.3 Å². The molecular formula is C23H24NO6-. The fourth-order valence-corrected chi connectivity index (χ4v) is 3.48. The lowest BCUT2D eigenvalue weighted by molar-refractivity contribution is -0.308. The van der Waals surface area contributed by atoms with Crippen LogP contribution in [0.5, 0.6) is 0 Å². The zero-order valence-electron chi connectivity index (χ0n) is 17.1. The van der Waals surface area contributed by atoms with E-state index in [1.165, 1.54) is 0 Å². The quantitative estimate of drug-likeness (QED) is 0.733. The highest BCUT2D eigenvalue weighted by atomic mass is 16.6. The number of hydrogen-bond donors (Lipinski definition) is 1. The molecule has 0 saturated carbocycles. The van der Waals surface area contributed by atoms with E-state index >= 15 is 0 Å². The Kier molecular flexibility index (Phi) is 6.10. The first-order chi connectivity index (χ1) is 14.2. The molecule has 0 heterocycles. The third kappa shape index (κ3) is 4.97. The predicted molar refractivity (Wildman–Crippen MR) is 107 cm³/mol. The summed E-state index contributed by atoms with van der Waals surface area (Å²) in [6.45, 7) is 5.00. The number of ether oxygens (including phenoxy) is 2. The monoisotopic (exact) mass is 410 g/mol. The molecule has 7 heteroatoms. The van der Waals surface area contributed by atoms with Crippen molar-refractivity contribution in [2.75, 3.05) is 6.61 Å². The van der Waals surface area contributed by atoms with Gasteiger partial charge in [-0.2, -0.15) is 0 Å². The number of esters is 1. The molecule has 7 nitrogen and oxygen atoms in total. The van der Waals surface area contributed by atoms with Crippen molar-refractivity contribution in [2.24, 2.45) is 0 Å². The Bertz CT molecular complexity index is 917. The van der Waals surface area contributed by atoms with Crippen molar-refractivity contribution in [3.63, 3.8) is 0 Å². The number of alkyl carbamates (subject to hydrolysis) is 1. The first kappa shape index (κ1) is 21.4. The molecule has 0 spiro atoms. The molecule has 0 aromatic heterocycles. The summed E-state index contributed by atoms with van der Waals surface area (Å²) in [6.07, 6.45) is -1.50. The van der Waals surface area contributed by atoms with Gasteiger partial charge in [0, 0.05) is 5.92 Å². The van der Waals surface area contributed by atoms with Gasteiger partial charge in [-0.1, -0.05) is 48.5 Å². The van der Waals surface area contributed by atoms with Crippen molar-refractivity contribution in [3.05, 3.63) is 59.7 Å². The van der Waals surface area contributed by atoms with E-state index in [-0.39, 0.29) is 12.5 Å². The fraction of sp³-hybridized carbons (Fsp3) is 0.348. The topological polar surface area (TPSA) is 105 Å². The number of carbonyl (C=O) groups excluding carboxylic acids is 3. The number of nitrogens with one attached hydrogen (secondary N) is 1. The van der Waals surface area contributed by atoms with Crippen LogP contribution in [0.3, 0.4) is 0 Å². The van der Waals surface area contributed by atoms with Crippen LogP contribution in [0.15, 0.2) is 48.5 Å². The van der Waals surface area contributed by atoms with Gasteiger partial charge < -0.3 is 24.7 Å². The highest BCUT2D eigenvalue weighted by molar-refractivity contribution is 5.84. The van der Waals surface area contributed by atoms with E-state index in [0.717, 1.165) is 22.3 Å². The lowest BCUT2D eigenvalue weighted by Gasteiger charge is -2.24. The van der Waals surface area contributed by atoms with E-state index in [4.69, 9.17) is 9.47 Å². The predicted octanol–water partition coefficient (Wildman–Crippen LogP) is 2.38. The second-order valence-corrected chi connectivity index (χ2v) is 8.13. The second kappa shape index (κ2) is 8.57. The van der Waals surface area contributed by atoms with Crippen molar-refractivity contribution >= 4 is 18.0 Å². The fourth-order valence-electron chi connectivity index (χ4n) is 3.48. The van der Waals surface area contributed by atoms with Gasteiger partial charge in [0.1, 0.15) is 12.2 Å². The summed E-state index contributed by atoms with van der Waals surface area (Å²) in [5, 5.41) is 13.5. The number of carboxylic acids is 1. The van der Waals surface area contributed by atoms with E-state index in [2.05, 4.69) is 5.32 Å². The van der Waals surface area contributed by atoms with Crippen molar-refractivity contribution in [3.8, 4) is 11.1 Å². The summed E-state index contributed by atoms with van der Waals surface area (Å²) >= 11 is 0. The Balaban J connectivity index is 1.64. The summed E-state index contributed by atoms with van der Waals surface area (Å²) in [5.41, 5.74) is 3.48. The van der Waals surface area contributed by atoms with Crippen LogP contribution in [0.4, 0.5) is 4.79 Å². The average molecular weight is 410 g/mol. The van der Waals surface area contributed by atoms with Crippen LogP contribution in [0.2, 0.25) is 0 Å². The first-order valence-electron chi connectivity index (χ1n) is 9.70. The van der Waals surface area contributed by atoms with Crippen molar-refractivity contribution in [1.29, 1.82) is 0 Å². The molecule has 2 aromatic rings. The Morgan fingerprint density at radius 1 is 1.00 bits per heavy atom. The summed E-state index contributed by atoms with van der Waals surface area (Å²) in [7, 11) is 0. The van der Waals surface area contributed by atoms with Gasteiger partial charge in [0.25, 0.3) is 0 Å². The normalized spacial score (nSPS) is 13.7. The van der Waals surface area contributed by atoms with Crippen molar-refractivity contribution < 1.29 is 29.0 Å². The number of carbonyl (C=O) groups is 3. The third-order valence-electron chi connectivity index (χ3n) is 4.72. The standard InChI is InChI=1S/C23H25NO6/c1-23(2,3)30-22(28)24-19(21(26)27)12-20(25)29-13-18-16-10-6-4-8-14(16)15-9-5-7-11-17(15)18/h4-11,18-19H,12-13H2,1-3H3,(H,24,28)(H,26,27)/p-1/t19-/m0/s1. The Morgan fingerprint density at radius 2 is 1.53 bits per heavy atom. The minimum absolute atomic E-state index is 0.0685. The molecule has 1 aliphatic rings. The number of benzene rings is 2. The van der Waals surface area contributed by atoms with E-state index in [1.807, 2.05) is 48.5 Å². The number of aliphatic carboxylic acids is 1. The van der Waals surface area contributed by atoms with Crippen LogP contribution in [0.25, 0.3) is 11.1 Å². The van der Waals surface area contributed by atoms with Gasteiger partial charge in [-0.15, -0.1) is 0 Å². The molecule has 2 aromatic carbocycles. The molecule has 0 aliphatic heterocycles. The maximum atomic E-state index is 12.3. The number of hydrogen-bond acceptors (Lipinski definition) is 6. The van der Waals surface area contributed by atoms with Gasteiger partial charge >= 0.3 is 12.1 Å². The van der Waals surface area contributed by atoms with E-state index < -0.39 is 36.1 Å². The highest BCUT2D eigenvalue weighted by Crippen LogP contribution is 2.44. The molecule has 0 radical (unpaired) electrons. The lowest BCUT2D eigenvalue weighted by atomic mass is 9.98. The molecule has 3 rings (SSSR count). The van der Waals surface area contributed by atoms with Gasteiger partial charge in [0.05, 0.1) is 18.4 Å². The number of carboxylic acid groups (broad SMARTS) is 1. The van der Waals surface area contributed by atoms with Gasteiger partial charge in [0.15, 0.2) is 0 Å². The van der Waals surface area contributed by atoms with Crippen LogP contribution < -0.4 is 10.4 Å². The van der Waals surface area contributed by atoms with Gasteiger partial charge in [-0.05, 0) is 43.0 Å². The third-order valence-corrected chi connectivity index (χ3v) is 4.72. The summed E-state index contributed by atoms with van der Waals surface area (Å²) in [5.74, 6) is -2.47. The molecule has 1 atom stereocenters. The SMILES string of the molecule is CC(C)(C)OC(=O)N[C@@H](CC(=O)OCC1c2ccccc2-c2ccccc21)C(=O)[O-]. The number of amides is 1. The molecule has 30 heavy (non-hydrogen) atoms. The van der Waals surface area contributed by atoms with Crippen molar-refractivity contribution in [2.45, 2.75) is 44.8 Å². The zero-order chi connectivity index (χ0) is 21.9. The maximum absolute atomic E-state index is 12.3. The number of fused-ring (bicyclic) bond motifs is 3. The largest absolute Gasteiger partial charge is 0.548 e. The molecule has 0 fully saturated rings. The van der Waals surface area contributed by atoms with E-state index in [9.17, 15) is 19.5 Å². The second-order valence-electron chi connectivity index (χ2n) is 8.13. The highest BCUT2D eigenvalue weighted by Gasteiger charge is 2.29. The average Bonchev–Trinajstić information content (AvgIpc) is 2.98. The van der Waals surface area contributed by atoms with E-state index in [1.54, 1.807) is 20.8 Å².